The Bertz CT molecular complexity index is 479. The fourth-order valence-electron chi connectivity index (χ4n) is 1.55. The van der Waals surface area contributed by atoms with Crippen LogP contribution >= 0.6 is 0 Å². The zero-order valence-corrected chi connectivity index (χ0v) is 13.9. The number of hydrogen-bond acceptors (Lipinski definition) is 5. The number of rotatable bonds is 6. The molecule has 0 unspecified atom stereocenters. The van der Waals surface area contributed by atoms with Crippen molar-refractivity contribution in [3.8, 4) is 0 Å². The second-order valence-electron chi connectivity index (χ2n) is 6.51. The van der Waals surface area contributed by atoms with Gasteiger partial charge in [0.05, 0.1) is 6.54 Å². The summed E-state index contributed by atoms with van der Waals surface area (Å²) in [7, 11) is 1.81. The average molecular weight is 293 g/mol. The molecule has 6 nitrogen and oxygen atoms in total. The predicted octanol–water partition coefficient (Wildman–Crippen LogP) is 2.00. The molecule has 1 amide bonds. The van der Waals surface area contributed by atoms with Gasteiger partial charge in [-0.15, -0.1) is 0 Å². The highest BCUT2D eigenvalue weighted by atomic mass is 16.1. The van der Waals surface area contributed by atoms with Gasteiger partial charge in [0.25, 0.3) is 0 Å². The van der Waals surface area contributed by atoms with Crippen molar-refractivity contribution in [1.29, 1.82) is 0 Å². The van der Waals surface area contributed by atoms with Crippen LogP contribution in [0, 0.1) is 5.92 Å². The molecule has 1 heterocycles. The Kier molecular flexibility index (Phi) is 5.93. The van der Waals surface area contributed by atoms with E-state index in [4.69, 9.17) is 0 Å². The van der Waals surface area contributed by atoms with Gasteiger partial charge in [-0.25, -0.2) is 9.97 Å². The Morgan fingerprint density at radius 3 is 2.38 bits per heavy atom. The zero-order chi connectivity index (χ0) is 16.0. The summed E-state index contributed by atoms with van der Waals surface area (Å²) in [4.78, 5) is 20.6. The third-order valence-electron chi connectivity index (χ3n) is 2.79. The van der Waals surface area contributed by atoms with Crippen LogP contribution in [0.3, 0.4) is 0 Å². The molecule has 0 radical (unpaired) electrons. The van der Waals surface area contributed by atoms with Crippen molar-refractivity contribution in [1.82, 2.24) is 15.3 Å². The number of nitrogens with zero attached hydrogens (tertiary/aromatic N) is 2. The maximum atomic E-state index is 11.7. The highest BCUT2D eigenvalue weighted by molar-refractivity contribution is 5.80. The van der Waals surface area contributed by atoms with E-state index in [-0.39, 0.29) is 17.9 Å². The number of carbonyl (C=O) groups excluding carboxylic acids is 1. The second kappa shape index (κ2) is 7.24. The Balaban J connectivity index is 2.72. The molecule has 0 aliphatic heterocycles. The molecule has 1 aromatic heterocycles. The molecule has 0 saturated carbocycles. The van der Waals surface area contributed by atoms with Crippen LogP contribution < -0.4 is 16.0 Å². The molecule has 0 aromatic carbocycles. The van der Waals surface area contributed by atoms with Crippen molar-refractivity contribution in [2.75, 3.05) is 30.8 Å². The van der Waals surface area contributed by atoms with Gasteiger partial charge in [-0.2, -0.15) is 0 Å². The van der Waals surface area contributed by atoms with Gasteiger partial charge in [-0.05, 0) is 5.92 Å². The highest BCUT2D eigenvalue weighted by Gasteiger charge is 2.19. The van der Waals surface area contributed by atoms with Crippen LogP contribution in [0.15, 0.2) is 6.07 Å². The molecular formula is C15H27N5O. The summed E-state index contributed by atoms with van der Waals surface area (Å²) in [6, 6.07) is 1.80. The van der Waals surface area contributed by atoms with E-state index in [9.17, 15) is 4.79 Å². The summed E-state index contributed by atoms with van der Waals surface area (Å²) >= 11 is 0. The van der Waals surface area contributed by atoms with Crippen LogP contribution in [0.4, 0.5) is 11.6 Å². The average Bonchev–Trinajstić information content (AvgIpc) is 2.41. The van der Waals surface area contributed by atoms with E-state index in [1.165, 1.54) is 0 Å². The van der Waals surface area contributed by atoms with E-state index in [2.05, 4.69) is 60.5 Å². The molecule has 21 heavy (non-hydrogen) atoms. The summed E-state index contributed by atoms with van der Waals surface area (Å²) in [6.45, 7) is 11.2. The van der Waals surface area contributed by atoms with Crippen LogP contribution in [0.5, 0.6) is 0 Å². The summed E-state index contributed by atoms with van der Waals surface area (Å²) < 4.78 is 0. The molecule has 0 saturated heterocycles. The number of anilines is 2. The van der Waals surface area contributed by atoms with E-state index in [0.29, 0.717) is 18.3 Å². The fourth-order valence-corrected chi connectivity index (χ4v) is 1.55. The van der Waals surface area contributed by atoms with Gasteiger partial charge in [0.1, 0.15) is 17.5 Å². The summed E-state index contributed by atoms with van der Waals surface area (Å²) in [5.41, 5.74) is -0.150. The van der Waals surface area contributed by atoms with Gasteiger partial charge in [-0.3, -0.25) is 4.79 Å². The van der Waals surface area contributed by atoms with Crippen LogP contribution in [-0.2, 0) is 10.2 Å². The van der Waals surface area contributed by atoms with Crippen molar-refractivity contribution < 1.29 is 4.79 Å². The number of aromatic nitrogens is 2. The zero-order valence-electron chi connectivity index (χ0n) is 13.9. The number of amides is 1. The van der Waals surface area contributed by atoms with E-state index in [1.807, 2.05) is 7.05 Å². The molecule has 0 spiro atoms. The van der Waals surface area contributed by atoms with E-state index < -0.39 is 0 Å². The van der Waals surface area contributed by atoms with Gasteiger partial charge in [0, 0.05) is 25.1 Å². The maximum Gasteiger partial charge on any atom is 0.239 e. The Morgan fingerprint density at radius 1 is 1.24 bits per heavy atom. The minimum Gasteiger partial charge on any atom is -0.373 e. The molecule has 0 atom stereocenters. The lowest BCUT2D eigenvalue weighted by atomic mass is 9.96. The Labute approximate surface area is 127 Å². The molecule has 118 valence electrons. The van der Waals surface area contributed by atoms with Gasteiger partial charge < -0.3 is 16.0 Å². The normalized spacial score (nSPS) is 11.4. The van der Waals surface area contributed by atoms with Crippen molar-refractivity contribution in [2.24, 2.45) is 5.92 Å². The third kappa shape index (κ3) is 5.97. The molecule has 1 rings (SSSR count). The first-order chi connectivity index (χ1) is 9.72. The van der Waals surface area contributed by atoms with Gasteiger partial charge in [0.2, 0.25) is 5.91 Å². The van der Waals surface area contributed by atoms with Gasteiger partial charge in [-0.1, -0.05) is 34.6 Å². The van der Waals surface area contributed by atoms with E-state index in [1.54, 1.807) is 6.07 Å². The first-order valence-electron chi connectivity index (χ1n) is 7.30. The molecule has 3 N–H and O–H groups in total. The standard InChI is InChI=1S/C15H27N5O/c1-10(2)8-18-13(21)9-17-12-7-11(16-6)19-14(20-12)15(3,4)5/h7,10H,8-9H2,1-6H3,(H,18,21)(H2,16,17,19,20). The van der Waals surface area contributed by atoms with Crippen LogP contribution in [0.1, 0.15) is 40.4 Å². The van der Waals surface area contributed by atoms with Crippen molar-refractivity contribution in [2.45, 2.75) is 40.0 Å². The Morgan fingerprint density at radius 2 is 1.86 bits per heavy atom. The van der Waals surface area contributed by atoms with Crippen LogP contribution in [0.2, 0.25) is 0 Å². The molecule has 0 aliphatic rings. The largest absolute Gasteiger partial charge is 0.373 e. The summed E-state index contributed by atoms with van der Waals surface area (Å²) in [6.07, 6.45) is 0. The smallest absolute Gasteiger partial charge is 0.239 e. The van der Waals surface area contributed by atoms with Crippen LogP contribution in [0.25, 0.3) is 0 Å². The highest BCUT2D eigenvalue weighted by Crippen LogP contribution is 2.21. The third-order valence-corrected chi connectivity index (χ3v) is 2.79. The Hall–Kier alpha value is -1.85. The van der Waals surface area contributed by atoms with E-state index >= 15 is 0 Å². The predicted molar refractivity (Wildman–Crippen MR) is 86.6 cm³/mol. The second-order valence-corrected chi connectivity index (χ2v) is 6.51. The van der Waals surface area contributed by atoms with E-state index in [0.717, 1.165) is 11.6 Å². The monoisotopic (exact) mass is 293 g/mol. The first-order valence-corrected chi connectivity index (χ1v) is 7.30. The number of nitrogens with one attached hydrogen (secondary N) is 3. The molecule has 0 aliphatic carbocycles. The lowest BCUT2D eigenvalue weighted by Crippen LogP contribution is -2.32. The molecule has 6 heteroatoms. The van der Waals surface area contributed by atoms with Gasteiger partial charge in [0.15, 0.2) is 0 Å². The fraction of sp³-hybridized carbons (Fsp3) is 0.667. The molecule has 1 aromatic rings. The van der Waals surface area contributed by atoms with Crippen molar-refractivity contribution in [3.05, 3.63) is 11.9 Å². The molecule has 0 bridgehead atoms. The van der Waals surface area contributed by atoms with Crippen molar-refractivity contribution >= 4 is 17.5 Å². The summed E-state index contributed by atoms with van der Waals surface area (Å²) in [5, 5.41) is 8.93. The maximum absolute atomic E-state index is 11.7. The molecular weight excluding hydrogens is 266 g/mol. The van der Waals surface area contributed by atoms with Gasteiger partial charge >= 0.3 is 0 Å². The number of carbonyl (C=O) groups is 1. The topological polar surface area (TPSA) is 78.9 Å². The lowest BCUT2D eigenvalue weighted by Gasteiger charge is -2.18. The van der Waals surface area contributed by atoms with Crippen molar-refractivity contribution in [3.63, 3.8) is 0 Å². The SMILES string of the molecule is CNc1cc(NCC(=O)NCC(C)C)nc(C(C)(C)C)n1. The van der Waals surface area contributed by atoms with Crippen LogP contribution in [-0.4, -0.2) is 36.0 Å². The summed E-state index contributed by atoms with van der Waals surface area (Å²) in [5.74, 6) is 2.53. The quantitative estimate of drug-likeness (QED) is 0.747. The first kappa shape index (κ1) is 17.2. The molecule has 0 fully saturated rings. The lowest BCUT2D eigenvalue weighted by molar-refractivity contribution is -0.119. The number of hydrogen-bond donors (Lipinski definition) is 3. The minimum absolute atomic E-state index is 0.0365. The minimum atomic E-state index is -0.150.